The fraction of sp³-hybridized carbons (Fsp3) is 0.556. The molecule has 6 nitrogen and oxygen atoms in total. The lowest BCUT2D eigenvalue weighted by molar-refractivity contribution is -0.142. The first-order valence-electron chi connectivity index (χ1n) is 8.88. The number of halogens is 3. The van der Waals surface area contributed by atoms with Crippen molar-refractivity contribution in [2.45, 2.75) is 25.5 Å². The molecule has 27 heavy (non-hydrogen) atoms. The van der Waals surface area contributed by atoms with Crippen molar-refractivity contribution in [1.29, 1.82) is 0 Å². The van der Waals surface area contributed by atoms with Crippen LogP contribution in [0.15, 0.2) is 27.7 Å². The largest absolute Gasteiger partial charge is 0.368 e. The SMILES string of the molecule is CN=C(NCc1ccc(Br)cc1F)N1CCN(C(=O)C2CCCO2)CC1.I. The number of benzene rings is 1. The average molecular weight is 555 g/mol. The summed E-state index contributed by atoms with van der Waals surface area (Å²) >= 11 is 3.26. The topological polar surface area (TPSA) is 57.2 Å². The zero-order valence-corrected chi connectivity index (χ0v) is 19.2. The average Bonchev–Trinajstić information content (AvgIpc) is 3.18. The fourth-order valence-electron chi connectivity index (χ4n) is 3.29. The Morgan fingerprint density at radius 2 is 2.04 bits per heavy atom. The monoisotopic (exact) mass is 554 g/mol. The Labute approximate surface area is 184 Å². The molecule has 1 unspecified atom stereocenters. The number of rotatable bonds is 3. The summed E-state index contributed by atoms with van der Waals surface area (Å²) in [5, 5.41) is 3.21. The molecule has 2 aliphatic heterocycles. The first-order chi connectivity index (χ1) is 12.6. The molecule has 1 atom stereocenters. The Kier molecular flexibility index (Phi) is 8.74. The summed E-state index contributed by atoms with van der Waals surface area (Å²) in [7, 11) is 1.71. The van der Waals surface area contributed by atoms with Crippen LogP contribution in [0, 0.1) is 5.82 Å². The number of carbonyl (C=O) groups excluding carboxylic acids is 1. The van der Waals surface area contributed by atoms with Crippen LogP contribution < -0.4 is 5.32 Å². The number of aliphatic imine (C=N–C) groups is 1. The van der Waals surface area contributed by atoms with Gasteiger partial charge in [-0.05, 0) is 25.0 Å². The molecule has 2 heterocycles. The number of nitrogens with zero attached hydrogens (tertiary/aromatic N) is 3. The molecule has 0 aliphatic carbocycles. The quantitative estimate of drug-likeness (QED) is 0.354. The van der Waals surface area contributed by atoms with Crippen molar-refractivity contribution in [2.75, 3.05) is 39.8 Å². The predicted octanol–water partition coefficient (Wildman–Crippen LogP) is 2.60. The zero-order valence-electron chi connectivity index (χ0n) is 15.3. The van der Waals surface area contributed by atoms with E-state index >= 15 is 0 Å². The van der Waals surface area contributed by atoms with Gasteiger partial charge in [0.2, 0.25) is 0 Å². The molecule has 2 fully saturated rings. The first-order valence-corrected chi connectivity index (χ1v) is 9.67. The Balaban J connectivity index is 0.00000261. The van der Waals surface area contributed by atoms with E-state index in [1.807, 2.05) is 11.0 Å². The maximum absolute atomic E-state index is 14.0. The van der Waals surface area contributed by atoms with Gasteiger partial charge in [0.25, 0.3) is 5.91 Å². The molecule has 1 amide bonds. The van der Waals surface area contributed by atoms with Crippen LogP contribution in [-0.2, 0) is 16.1 Å². The molecule has 1 aromatic rings. The summed E-state index contributed by atoms with van der Waals surface area (Å²) in [6.45, 7) is 3.72. The first kappa shape index (κ1) is 22.4. The summed E-state index contributed by atoms with van der Waals surface area (Å²) < 4.78 is 20.2. The van der Waals surface area contributed by atoms with Gasteiger partial charge in [-0.3, -0.25) is 9.79 Å². The van der Waals surface area contributed by atoms with E-state index in [-0.39, 0.29) is 41.8 Å². The molecule has 0 saturated carbocycles. The molecule has 2 aliphatic rings. The molecule has 2 saturated heterocycles. The van der Waals surface area contributed by atoms with Gasteiger partial charge in [0.05, 0.1) is 0 Å². The molecule has 0 bridgehead atoms. The number of carbonyl (C=O) groups is 1. The van der Waals surface area contributed by atoms with Crippen molar-refractivity contribution < 1.29 is 13.9 Å². The minimum absolute atomic E-state index is 0. The number of guanidine groups is 1. The van der Waals surface area contributed by atoms with Crippen molar-refractivity contribution in [2.24, 2.45) is 4.99 Å². The molecule has 3 rings (SSSR count). The lowest BCUT2D eigenvalue weighted by atomic mass is 10.2. The smallest absolute Gasteiger partial charge is 0.251 e. The third kappa shape index (κ3) is 5.77. The minimum Gasteiger partial charge on any atom is -0.368 e. The van der Waals surface area contributed by atoms with E-state index in [4.69, 9.17) is 4.74 Å². The van der Waals surface area contributed by atoms with Gasteiger partial charge in [0.15, 0.2) is 5.96 Å². The summed E-state index contributed by atoms with van der Waals surface area (Å²) in [6.07, 6.45) is 1.51. The van der Waals surface area contributed by atoms with Crippen molar-refractivity contribution in [3.05, 3.63) is 34.1 Å². The second-order valence-electron chi connectivity index (χ2n) is 6.45. The lowest BCUT2D eigenvalue weighted by Crippen LogP contribution is -2.55. The summed E-state index contributed by atoms with van der Waals surface area (Å²) in [6, 6.07) is 5.02. The van der Waals surface area contributed by atoms with Crippen LogP contribution in [0.2, 0.25) is 0 Å². The van der Waals surface area contributed by atoms with Gasteiger partial charge in [-0.25, -0.2) is 4.39 Å². The molecule has 1 N–H and O–H groups in total. The number of piperazine rings is 1. The highest BCUT2D eigenvalue weighted by Gasteiger charge is 2.30. The van der Waals surface area contributed by atoms with Crippen LogP contribution in [0.25, 0.3) is 0 Å². The Morgan fingerprint density at radius 3 is 2.63 bits per heavy atom. The van der Waals surface area contributed by atoms with Crippen LogP contribution in [0.4, 0.5) is 4.39 Å². The molecule has 9 heteroatoms. The van der Waals surface area contributed by atoms with E-state index < -0.39 is 0 Å². The van der Waals surface area contributed by atoms with E-state index in [1.165, 1.54) is 6.07 Å². The summed E-state index contributed by atoms with van der Waals surface area (Å²) in [5.74, 6) is 0.563. The van der Waals surface area contributed by atoms with Gasteiger partial charge in [0, 0.05) is 56.4 Å². The fourth-order valence-corrected chi connectivity index (χ4v) is 3.62. The van der Waals surface area contributed by atoms with Gasteiger partial charge in [-0.2, -0.15) is 0 Å². The van der Waals surface area contributed by atoms with Gasteiger partial charge < -0.3 is 19.9 Å². The van der Waals surface area contributed by atoms with Crippen molar-refractivity contribution in [3.63, 3.8) is 0 Å². The van der Waals surface area contributed by atoms with E-state index in [9.17, 15) is 9.18 Å². The van der Waals surface area contributed by atoms with Crippen molar-refractivity contribution in [1.82, 2.24) is 15.1 Å². The Morgan fingerprint density at radius 1 is 1.33 bits per heavy atom. The van der Waals surface area contributed by atoms with E-state index in [2.05, 4.69) is 31.1 Å². The molecule has 0 spiro atoms. The second-order valence-corrected chi connectivity index (χ2v) is 7.37. The Bertz CT molecular complexity index is 677. The number of amides is 1. The normalized spacial score (nSPS) is 20.4. The third-order valence-electron chi connectivity index (χ3n) is 4.76. The predicted molar refractivity (Wildman–Crippen MR) is 117 cm³/mol. The number of ether oxygens (including phenoxy) is 1. The van der Waals surface area contributed by atoms with Crippen LogP contribution in [0.5, 0.6) is 0 Å². The van der Waals surface area contributed by atoms with Gasteiger partial charge in [-0.1, -0.05) is 22.0 Å². The van der Waals surface area contributed by atoms with E-state index in [0.29, 0.717) is 44.9 Å². The third-order valence-corrected chi connectivity index (χ3v) is 5.25. The Hall–Kier alpha value is -0.940. The van der Waals surface area contributed by atoms with Crippen molar-refractivity contribution in [3.8, 4) is 0 Å². The van der Waals surface area contributed by atoms with Gasteiger partial charge in [0.1, 0.15) is 11.9 Å². The molecular formula is C18H25BrFIN4O2. The van der Waals surface area contributed by atoms with Crippen LogP contribution >= 0.6 is 39.9 Å². The minimum atomic E-state index is -0.264. The van der Waals surface area contributed by atoms with Crippen LogP contribution in [0.3, 0.4) is 0 Å². The molecular weight excluding hydrogens is 530 g/mol. The molecule has 1 aromatic carbocycles. The van der Waals surface area contributed by atoms with Gasteiger partial charge in [-0.15, -0.1) is 24.0 Å². The highest BCUT2D eigenvalue weighted by molar-refractivity contribution is 14.0. The standard InChI is InChI=1S/C18H24BrFN4O2.HI/c1-21-18(22-12-13-4-5-14(19)11-15(13)20)24-8-6-23(7-9-24)17(25)16-3-2-10-26-16;/h4-5,11,16H,2-3,6-10,12H2,1H3,(H,21,22);1H. The summed E-state index contributed by atoms with van der Waals surface area (Å²) in [5.41, 5.74) is 0.585. The highest BCUT2D eigenvalue weighted by Crippen LogP contribution is 2.17. The van der Waals surface area contributed by atoms with Gasteiger partial charge >= 0.3 is 0 Å². The maximum Gasteiger partial charge on any atom is 0.251 e. The van der Waals surface area contributed by atoms with Crippen LogP contribution in [0.1, 0.15) is 18.4 Å². The maximum atomic E-state index is 14.0. The lowest BCUT2D eigenvalue weighted by Gasteiger charge is -2.37. The van der Waals surface area contributed by atoms with Crippen LogP contribution in [-0.4, -0.2) is 67.6 Å². The number of nitrogens with one attached hydrogen (secondary N) is 1. The zero-order chi connectivity index (χ0) is 18.5. The number of hydrogen-bond acceptors (Lipinski definition) is 3. The molecule has 0 aromatic heterocycles. The summed E-state index contributed by atoms with van der Waals surface area (Å²) in [4.78, 5) is 20.7. The van der Waals surface area contributed by atoms with E-state index in [0.717, 1.165) is 23.3 Å². The highest BCUT2D eigenvalue weighted by atomic mass is 127. The molecule has 0 radical (unpaired) electrons. The molecule has 150 valence electrons. The van der Waals surface area contributed by atoms with Crippen molar-refractivity contribution >= 4 is 51.8 Å². The number of hydrogen-bond donors (Lipinski definition) is 1. The van der Waals surface area contributed by atoms with E-state index in [1.54, 1.807) is 13.1 Å². The second kappa shape index (κ2) is 10.6.